The zero-order valence-corrected chi connectivity index (χ0v) is 9.28. The van der Waals surface area contributed by atoms with Crippen molar-refractivity contribution in [3.8, 4) is 0 Å². The third-order valence-corrected chi connectivity index (χ3v) is 5.22. The van der Waals surface area contributed by atoms with E-state index in [-0.39, 0.29) is 5.79 Å². The molecule has 0 aromatic rings. The van der Waals surface area contributed by atoms with Crippen LogP contribution in [0, 0.1) is 23.7 Å². The summed E-state index contributed by atoms with van der Waals surface area (Å²) in [6.45, 7) is 1.87. The summed E-state index contributed by atoms with van der Waals surface area (Å²) < 4.78 is 12.2. The summed E-state index contributed by atoms with van der Waals surface area (Å²) in [6, 6.07) is 0. The minimum absolute atomic E-state index is 0.119. The van der Waals surface area contributed by atoms with E-state index in [2.05, 4.69) is 0 Å². The second kappa shape index (κ2) is 2.98. The molecule has 1 saturated heterocycles. The number of hydrogen-bond donors (Lipinski definition) is 0. The van der Waals surface area contributed by atoms with E-state index in [0.717, 1.165) is 43.3 Å². The van der Waals surface area contributed by atoms with Gasteiger partial charge in [0, 0.05) is 11.8 Å². The van der Waals surface area contributed by atoms with E-state index in [1.807, 2.05) is 0 Å². The van der Waals surface area contributed by atoms with E-state index >= 15 is 0 Å². The summed E-state index contributed by atoms with van der Waals surface area (Å²) in [5, 5.41) is 0. The van der Waals surface area contributed by atoms with Crippen molar-refractivity contribution in [2.24, 2.45) is 23.7 Å². The average molecular weight is 208 g/mol. The lowest BCUT2D eigenvalue weighted by Gasteiger charge is -2.60. The van der Waals surface area contributed by atoms with Gasteiger partial charge in [0.25, 0.3) is 0 Å². The average Bonchev–Trinajstić information content (AvgIpc) is 2.26. The molecule has 2 heteroatoms. The van der Waals surface area contributed by atoms with E-state index in [1.165, 1.54) is 32.1 Å². The molecule has 0 aromatic heterocycles. The maximum absolute atomic E-state index is 6.12. The van der Waals surface area contributed by atoms with Crippen LogP contribution in [-0.4, -0.2) is 19.0 Å². The molecule has 2 nitrogen and oxygen atoms in total. The van der Waals surface area contributed by atoms with Crippen LogP contribution in [0.5, 0.6) is 0 Å². The van der Waals surface area contributed by atoms with Gasteiger partial charge in [-0.3, -0.25) is 0 Å². The Morgan fingerprint density at radius 1 is 0.733 bits per heavy atom. The molecule has 5 rings (SSSR count). The van der Waals surface area contributed by atoms with Gasteiger partial charge in [0.2, 0.25) is 0 Å². The van der Waals surface area contributed by atoms with Crippen molar-refractivity contribution < 1.29 is 9.47 Å². The summed E-state index contributed by atoms with van der Waals surface area (Å²) >= 11 is 0. The Balaban J connectivity index is 1.69. The van der Waals surface area contributed by atoms with Gasteiger partial charge in [-0.25, -0.2) is 0 Å². The van der Waals surface area contributed by atoms with Crippen LogP contribution in [-0.2, 0) is 9.47 Å². The smallest absolute Gasteiger partial charge is 0.173 e. The molecule has 0 amide bonds. The first kappa shape index (κ1) is 9.00. The molecular formula is C13H20O2. The molecule has 0 atom stereocenters. The maximum Gasteiger partial charge on any atom is 0.173 e. The zero-order chi connectivity index (χ0) is 9.88. The summed E-state index contributed by atoms with van der Waals surface area (Å²) in [5.41, 5.74) is 0. The SMILES string of the molecule is C1COC2(OC1)C1CC3CC(C1)CC2C3. The van der Waals surface area contributed by atoms with Gasteiger partial charge < -0.3 is 9.47 Å². The number of rotatable bonds is 0. The molecule has 5 fully saturated rings. The number of ether oxygens (including phenoxy) is 2. The lowest BCUT2D eigenvalue weighted by Crippen LogP contribution is -2.61. The summed E-state index contributed by atoms with van der Waals surface area (Å²) in [4.78, 5) is 0. The van der Waals surface area contributed by atoms with E-state index in [4.69, 9.17) is 9.47 Å². The Hall–Kier alpha value is -0.0800. The zero-order valence-electron chi connectivity index (χ0n) is 9.28. The molecule has 0 radical (unpaired) electrons. The van der Waals surface area contributed by atoms with Gasteiger partial charge in [0.15, 0.2) is 5.79 Å². The molecule has 0 aromatic carbocycles. The largest absolute Gasteiger partial charge is 0.349 e. The Morgan fingerprint density at radius 3 is 1.80 bits per heavy atom. The minimum atomic E-state index is -0.119. The van der Waals surface area contributed by atoms with Crippen molar-refractivity contribution in [1.29, 1.82) is 0 Å². The van der Waals surface area contributed by atoms with Crippen LogP contribution in [0.3, 0.4) is 0 Å². The molecule has 1 heterocycles. The van der Waals surface area contributed by atoms with Gasteiger partial charge >= 0.3 is 0 Å². The molecule has 0 N–H and O–H groups in total. The van der Waals surface area contributed by atoms with Crippen molar-refractivity contribution in [1.82, 2.24) is 0 Å². The first-order chi connectivity index (χ1) is 7.37. The van der Waals surface area contributed by atoms with E-state index in [0.29, 0.717) is 0 Å². The third-order valence-electron chi connectivity index (χ3n) is 5.22. The van der Waals surface area contributed by atoms with Crippen molar-refractivity contribution in [2.75, 3.05) is 13.2 Å². The van der Waals surface area contributed by atoms with Gasteiger partial charge in [-0.05, 0) is 50.4 Å². The van der Waals surface area contributed by atoms with Crippen LogP contribution in [0.15, 0.2) is 0 Å². The van der Waals surface area contributed by atoms with Crippen molar-refractivity contribution >= 4 is 0 Å². The third kappa shape index (κ3) is 1.13. The summed E-state index contributed by atoms with van der Waals surface area (Å²) in [6.07, 6.45) is 8.12. The first-order valence-corrected chi connectivity index (χ1v) is 6.65. The molecule has 84 valence electrons. The van der Waals surface area contributed by atoms with Crippen LogP contribution in [0.4, 0.5) is 0 Å². The van der Waals surface area contributed by atoms with Gasteiger partial charge in [0.05, 0.1) is 13.2 Å². The highest BCUT2D eigenvalue weighted by atomic mass is 16.7. The second-order valence-electron chi connectivity index (χ2n) is 6.08. The van der Waals surface area contributed by atoms with Crippen LogP contribution in [0.25, 0.3) is 0 Å². The van der Waals surface area contributed by atoms with Crippen molar-refractivity contribution in [2.45, 2.75) is 44.3 Å². The maximum atomic E-state index is 6.12. The monoisotopic (exact) mass is 208 g/mol. The fourth-order valence-electron chi connectivity index (χ4n) is 4.88. The fraction of sp³-hybridized carbons (Fsp3) is 1.00. The van der Waals surface area contributed by atoms with Gasteiger partial charge in [0.1, 0.15) is 0 Å². The summed E-state index contributed by atoms with van der Waals surface area (Å²) in [5.74, 6) is 3.36. The van der Waals surface area contributed by atoms with Crippen LogP contribution in [0.1, 0.15) is 38.5 Å². The molecule has 4 bridgehead atoms. The molecule has 15 heavy (non-hydrogen) atoms. The van der Waals surface area contributed by atoms with E-state index in [9.17, 15) is 0 Å². The first-order valence-electron chi connectivity index (χ1n) is 6.65. The standard InChI is InChI=1S/C13H20O2/c1-2-14-13(15-3-1)11-5-9-4-10(7-11)8-12(13)6-9/h9-12H,1-8H2. The highest BCUT2D eigenvalue weighted by Gasteiger charge is 2.59. The van der Waals surface area contributed by atoms with E-state index in [1.54, 1.807) is 0 Å². The van der Waals surface area contributed by atoms with Gasteiger partial charge in [-0.1, -0.05) is 0 Å². The highest BCUT2D eigenvalue weighted by Crippen LogP contribution is 2.60. The van der Waals surface area contributed by atoms with Crippen LogP contribution in [0.2, 0.25) is 0 Å². The molecule has 1 spiro atoms. The molecule has 1 aliphatic heterocycles. The molecule has 0 unspecified atom stereocenters. The van der Waals surface area contributed by atoms with Gasteiger partial charge in [-0.15, -0.1) is 0 Å². The van der Waals surface area contributed by atoms with Crippen LogP contribution >= 0.6 is 0 Å². The topological polar surface area (TPSA) is 18.5 Å². The Kier molecular flexibility index (Phi) is 1.79. The highest BCUT2D eigenvalue weighted by molar-refractivity contribution is 5.04. The van der Waals surface area contributed by atoms with E-state index < -0.39 is 0 Å². The molecule has 5 aliphatic rings. The normalized spacial score (nSPS) is 51.2. The minimum Gasteiger partial charge on any atom is -0.349 e. The molecular weight excluding hydrogens is 188 g/mol. The lowest BCUT2D eigenvalue weighted by molar-refractivity contribution is -0.358. The second-order valence-corrected chi connectivity index (χ2v) is 6.08. The Bertz CT molecular complexity index is 238. The quantitative estimate of drug-likeness (QED) is 0.609. The fourth-order valence-corrected chi connectivity index (χ4v) is 4.88. The number of hydrogen-bond acceptors (Lipinski definition) is 2. The van der Waals surface area contributed by atoms with Crippen LogP contribution < -0.4 is 0 Å². The van der Waals surface area contributed by atoms with Gasteiger partial charge in [-0.2, -0.15) is 0 Å². The Morgan fingerprint density at radius 2 is 1.27 bits per heavy atom. The predicted molar refractivity (Wildman–Crippen MR) is 56.3 cm³/mol. The Labute approximate surface area is 91.3 Å². The molecule has 4 aliphatic carbocycles. The van der Waals surface area contributed by atoms with Crippen molar-refractivity contribution in [3.05, 3.63) is 0 Å². The lowest BCUT2D eigenvalue weighted by atomic mass is 9.53. The predicted octanol–water partition coefficient (Wildman–Crippen LogP) is 2.58. The van der Waals surface area contributed by atoms with Crippen molar-refractivity contribution in [3.63, 3.8) is 0 Å². The summed E-state index contributed by atoms with van der Waals surface area (Å²) in [7, 11) is 0. The molecule has 4 saturated carbocycles.